The highest BCUT2D eigenvalue weighted by Crippen LogP contribution is 2.12. The van der Waals surface area contributed by atoms with Crippen LogP contribution in [0.1, 0.15) is 22.5 Å². The van der Waals surface area contributed by atoms with E-state index in [1.807, 2.05) is 19.9 Å². The maximum atomic E-state index is 12.2. The van der Waals surface area contributed by atoms with Crippen molar-refractivity contribution in [1.29, 1.82) is 0 Å². The molecule has 5 nitrogen and oxygen atoms in total. The number of likely N-dealkylation sites (N-methyl/N-ethyl adjacent to an activating group) is 1. The highest BCUT2D eigenvalue weighted by atomic mass is 16.2. The van der Waals surface area contributed by atoms with Gasteiger partial charge < -0.3 is 4.90 Å². The predicted molar refractivity (Wildman–Crippen MR) is 72.5 cm³/mol. The molecule has 100 valence electrons. The molecule has 5 heteroatoms. The number of nitrogens with one attached hydrogen (secondary N) is 1. The molecule has 0 unspecified atom stereocenters. The van der Waals surface area contributed by atoms with Gasteiger partial charge >= 0.3 is 0 Å². The minimum absolute atomic E-state index is 0.0742. The Kier molecular flexibility index (Phi) is 3.94. The average molecular weight is 258 g/mol. The molecule has 0 bridgehead atoms. The van der Waals surface area contributed by atoms with Crippen LogP contribution in [0.3, 0.4) is 0 Å². The van der Waals surface area contributed by atoms with Crippen molar-refractivity contribution in [2.24, 2.45) is 0 Å². The fourth-order valence-corrected chi connectivity index (χ4v) is 1.91. The van der Waals surface area contributed by atoms with Crippen LogP contribution in [0.15, 0.2) is 24.5 Å². The molecule has 2 aromatic rings. The van der Waals surface area contributed by atoms with Crippen LogP contribution in [0.2, 0.25) is 0 Å². The Hall–Kier alpha value is -2.17. The standard InChI is InChI=1S/C14H18N4O/c1-10-4-5-11(2)12(6-10)7-14(19)18(3)8-13-15-9-16-17-13/h4-6,9H,7-8H2,1-3H3,(H,15,16,17). The highest BCUT2D eigenvalue weighted by molar-refractivity contribution is 5.78. The number of benzene rings is 1. The molecule has 1 N–H and O–H groups in total. The third-order valence-electron chi connectivity index (χ3n) is 3.12. The molecule has 0 saturated carbocycles. The van der Waals surface area contributed by atoms with Crippen LogP contribution in [0.5, 0.6) is 0 Å². The number of carbonyl (C=O) groups is 1. The van der Waals surface area contributed by atoms with Crippen LogP contribution in [-0.2, 0) is 17.8 Å². The van der Waals surface area contributed by atoms with Crippen molar-refractivity contribution in [3.63, 3.8) is 0 Å². The van der Waals surface area contributed by atoms with E-state index in [4.69, 9.17) is 0 Å². The number of aromatic amines is 1. The molecular formula is C14H18N4O. The molecule has 0 saturated heterocycles. The summed E-state index contributed by atoms with van der Waals surface area (Å²) in [6.45, 7) is 4.51. The second-order valence-electron chi connectivity index (χ2n) is 4.79. The summed E-state index contributed by atoms with van der Waals surface area (Å²) in [6, 6.07) is 6.17. The largest absolute Gasteiger partial charge is 0.338 e. The maximum absolute atomic E-state index is 12.2. The van der Waals surface area contributed by atoms with E-state index in [-0.39, 0.29) is 5.91 Å². The third kappa shape index (κ3) is 3.40. The van der Waals surface area contributed by atoms with E-state index in [0.717, 1.165) is 11.1 Å². The molecule has 1 aromatic carbocycles. The van der Waals surface area contributed by atoms with Gasteiger partial charge in [0.1, 0.15) is 12.2 Å². The number of aryl methyl sites for hydroxylation is 2. The van der Waals surface area contributed by atoms with Gasteiger partial charge in [0, 0.05) is 7.05 Å². The molecule has 0 atom stereocenters. The summed E-state index contributed by atoms with van der Waals surface area (Å²) in [7, 11) is 1.77. The van der Waals surface area contributed by atoms with Gasteiger partial charge in [-0.15, -0.1) is 0 Å². The maximum Gasteiger partial charge on any atom is 0.227 e. The fraction of sp³-hybridized carbons (Fsp3) is 0.357. The van der Waals surface area contributed by atoms with Crippen LogP contribution in [0.25, 0.3) is 0 Å². The fourth-order valence-electron chi connectivity index (χ4n) is 1.91. The van der Waals surface area contributed by atoms with Crippen molar-refractivity contribution in [2.45, 2.75) is 26.8 Å². The normalized spacial score (nSPS) is 10.5. The van der Waals surface area contributed by atoms with E-state index in [9.17, 15) is 4.79 Å². The van der Waals surface area contributed by atoms with Gasteiger partial charge in [-0.1, -0.05) is 23.8 Å². The SMILES string of the molecule is Cc1ccc(C)c(CC(=O)N(C)Cc2ncn[nH]2)c1. The predicted octanol–water partition coefficient (Wildman–Crippen LogP) is 1.62. The Labute approximate surface area is 112 Å². The first-order chi connectivity index (χ1) is 9.06. The summed E-state index contributed by atoms with van der Waals surface area (Å²) >= 11 is 0. The van der Waals surface area contributed by atoms with Gasteiger partial charge in [-0.2, -0.15) is 5.10 Å². The third-order valence-corrected chi connectivity index (χ3v) is 3.12. The second kappa shape index (κ2) is 5.65. The van der Waals surface area contributed by atoms with E-state index in [1.165, 1.54) is 11.9 Å². The molecular weight excluding hydrogens is 240 g/mol. The zero-order valence-corrected chi connectivity index (χ0v) is 11.5. The van der Waals surface area contributed by atoms with Crippen LogP contribution < -0.4 is 0 Å². The Morgan fingerprint density at radius 2 is 2.16 bits per heavy atom. The second-order valence-corrected chi connectivity index (χ2v) is 4.79. The van der Waals surface area contributed by atoms with Crippen molar-refractivity contribution < 1.29 is 4.79 Å². The molecule has 1 aromatic heterocycles. The summed E-state index contributed by atoms with van der Waals surface area (Å²) in [5.41, 5.74) is 3.40. The Bertz CT molecular complexity index is 563. The summed E-state index contributed by atoms with van der Waals surface area (Å²) in [6.07, 6.45) is 1.86. The quantitative estimate of drug-likeness (QED) is 0.906. The smallest absolute Gasteiger partial charge is 0.227 e. The Morgan fingerprint density at radius 1 is 1.37 bits per heavy atom. The van der Waals surface area contributed by atoms with Gasteiger partial charge in [0.15, 0.2) is 0 Å². The van der Waals surface area contributed by atoms with E-state index < -0.39 is 0 Å². The Balaban J connectivity index is 2.02. The van der Waals surface area contributed by atoms with Crippen molar-refractivity contribution >= 4 is 5.91 Å². The zero-order chi connectivity index (χ0) is 13.8. The van der Waals surface area contributed by atoms with E-state index in [2.05, 4.69) is 27.3 Å². The van der Waals surface area contributed by atoms with Crippen LogP contribution in [0.4, 0.5) is 0 Å². The van der Waals surface area contributed by atoms with Crippen LogP contribution >= 0.6 is 0 Å². The molecule has 0 aliphatic carbocycles. The van der Waals surface area contributed by atoms with Crippen molar-refractivity contribution in [2.75, 3.05) is 7.05 Å². The molecule has 0 aliphatic heterocycles. The monoisotopic (exact) mass is 258 g/mol. The number of hydrogen-bond donors (Lipinski definition) is 1. The minimum Gasteiger partial charge on any atom is -0.338 e. The van der Waals surface area contributed by atoms with E-state index in [1.54, 1.807) is 11.9 Å². The number of carbonyl (C=O) groups excluding carboxylic acids is 1. The highest BCUT2D eigenvalue weighted by Gasteiger charge is 2.12. The lowest BCUT2D eigenvalue weighted by Gasteiger charge is -2.16. The molecule has 1 heterocycles. The summed E-state index contributed by atoms with van der Waals surface area (Å²) in [5.74, 6) is 0.766. The topological polar surface area (TPSA) is 61.9 Å². The Morgan fingerprint density at radius 3 is 2.84 bits per heavy atom. The lowest BCUT2D eigenvalue weighted by atomic mass is 10.0. The first-order valence-corrected chi connectivity index (χ1v) is 6.20. The molecule has 0 fully saturated rings. The number of aromatic nitrogens is 3. The average Bonchev–Trinajstić information content (AvgIpc) is 2.86. The summed E-state index contributed by atoms with van der Waals surface area (Å²) in [5, 5.41) is 6.52. The number of rotatable bonds is 4. The molecule has 0 radical (unpaired) electrons. The summed E-state index contributed by atoms with van der Waals surface area (Å²) in [4.78, 5) is 17.8. The van der Waals surface area contributed by atoms with E-state index in [0.29, 0.717) is 18.8 Å². The number of hydrogen-bond acceptors (Lipinski definition) is 3. The van der Waals surface area contributed by atoms with Gasteiger partial charge in [-0.3, -0.25) is 9.89 Å². The van der Waals surface area contributed by atoms with Crippen LogP contribution in [0, 0.1) is 13.8 Å². The lowest BCUT2D eigenvalue weighted by molar-refractivity contribution is -0.129. The molecule has 1 amide bonds. The molecule has 19 heavy (non-hydrogen) atoms. The molecule has 2 rings (SSSR count). The first-order valence-electron chi connectivity index (χ1n) is 6.20. The van der Waals surface area contributed by atoms with Gasteiger partial charge in [-0.25, -0.2) is 4.98 Å². The molecule has 0 aliphatic rings. The number of nitrogens with zero attached hydrogens (tertiary/aromatic N) is 3. The number of H-pyrrole nitrogens is 1. The first kappa shape index (κ1) is 13.3. The van der Waals surface area contributed by atoms with E-state index >= 15 is 0 Å². The van der Waals surface area contributed by atoms with Crippen molar-refractivity contribution in [3.05, 3.63) is 47.0 Å². The molecule has 0 spiro atoms. The van der Waals surface area contributed by atoms with Crippen molar-refractivity contribution in [3.8, 4) is 0 Å². The lowest BCUT2D eigenvalue weighted by Crippen LogP contribution is -2.28. The van der Waals surface area contributed by atoms with Gasteiger partial charge in [0.25, 0.3) is 0 Å². The van der Waals surface area contributed by atoms with Crippen LogP contribution in [-0.4, -0.2) is 33.0 Å². The minimum atomic E-state index is 0.0742. The van der Waals surface area contributed by atoms with Gasteiger partial charge in [0.05, 0.1) is 13.0 Å². The number of amides is 1. The summed E-state index contributed by atoms with van der Waals surface area (Å²) < 4.78 is 0. The zero-order valence-electron chi connectivity index (χ0n) is 11.5. The van der Waals surface area contributed by atoms with Gasteiger partial charge in [-0.05, 0) is 25.0 Å². The van der Waals surface area contributed by atoms with Gasteiger partial charge in [0.2, 0.25) is 5.91 Å². The van der Waals surface area contributed by atoms with Crippen molar-refractivity contribution in [1.82, 2.24) is 20.1 Å².